The molecule has 0 saturated heterocycles. The summed E-state index contributed by atoms with van der Waals surface area (Å²) in [4.78, 5) is 0. The molecular formula is C10H20O3S. The molecule has 1 fully saturated rings. The van der Waals surface area contributed by atoms with Crippen molar-refractivity contribution in [2.75, 3.05) is 12.0 Å². The lowest BCUT2D eigenvalue weighted by Crippen LogP contribution is -2.18. The minimum atomic E-state index is -2.85. The summed E-state index contributed by atoms with van der Waals surface area (Å²) in [5.74, 6) is 0.631. The highest BCUT2D eigenvalue weighted by Gasteiger charge is 2.22. The van der Waals surface area contributed by atoms with E-state index >= 15 is 0 Å². The molecule has 1 aliphatic rings. The molecule has 0 amide bonds. The smallest absolute Gasteiger partial charge is 0.147 e. The molecule has 1 rings (SSSR count). The molecule has 0 heterocycles. The second-order valence-electron chi connectivity index (χ2n) is 4.38. The van der Waals surface area contributed by atoms with Crippen LogP contribution >= 0.6 is 0 Å². The van der Waals surface area contributed by atoms with Crippen LogP contribution in [0.1, 0.15) is 38.5 Å². The van der Waals surface area contributed by atoms with E-state index in [-0.39, 0.29) is 11.9 Å². The minimum absolute atomic E-state index is 0.205. The van der Waals surface area contributed by atoms with E-state index in [0.717, 1.165) is 12.8 Å². The summed E-state index contributed by atoms with van der Waals surface area (Å²) in [6, 6.07) is 0. The molecule has 0 aromatic rings. The Labute approximate surface area is 86.4 Å². The zero-order valence-electron chi connectivity index (χ0n) is 8.78. The molecule has 14 heavy (non-hydrogen) atoms. The number of sulfone groups is 1. The number of hydrogen-bond donors (Lipinski definition) is 1. The van der Waals surface area contributed by atoms with Gasteiger partial charge in [-0.15, -0.1) is 0 Å². The Balaban J connectivity index is 2.17. The van der Waals surface area contributed by atoms with E-state index < -0.39 is 9.84 Å². The Hall–Kier alpha value is -0.0900. The quantitative estimate of drug-likeness (QED) is 0.761. The Morgan fingerprint density at radius 3 is 2.43 bits per heavy atom. The van der Waals surface area contributed by atoms with E-state index in [2.05, 4.69) is 0 Å². The molecular weight excluding hydrogens is 200 g/mol. The highest BCUT2D eigenvalue weighted by molar-refractivity contribution is 7.90. The van der Waals surface area contributed by atoms with E-state index in [9.17, 15) is 13.5 Å². The Morgan fingerprint density at radius 1 is 1.36 bits per heavy atom. The Bertz CT molecular complexity index is 253. The molecule has 0 aromatic heterocycles. The molecule has 1 unspecified atom stereocenters. The van der Waals surface area contributed by atoms with Gasteiger partial charge in [0.2, 0.25) is 0 Å². The first-order chi connectivity index (χ1) is 6.49. The summed E-state index contributed by atoms with van der Waals surface area (Å²) in [6.07, 6.45) is 6.85. The lowest BCUT2D eigenvalue weighted by atomic mass is 9.97. The van der Waals surface area contributed by atoms with Gasteiger partial charge in [-0.1, -0.05) is 12.8 Å². The molecule has 0 aliphatic heterocycles. The Kier molecular flexibility index (Phi) is 4.38. The number of aliphatic hydroxyl groups excluding tert-OH is 1. The van der Waals surface area contributed by atoms with Crippen molar-refractivity contribution in [2.24, 2.45) is 5.92 Å². The van der Waals surface area contributed by atoms with Crippen molar-refractivity contribution in [1.82, 2.24) is 0 Å². The first kappa shape index (κ1) is 12.0. The van der Waals surface area contributed by atoms with Crippen LogP contribution in [0, 0.1) is 5.92 Å². The monoisotopic (exact) mass is 220 g/mol. The maximum absolute atomic E-state index is 10.9. The van der Waals surface area contributed by atoms with Gasteiger partial charge < -0.3 is 5.11 Å². The third-order valence-electron chi connectivity index (χ3n) is 2.96. The van der Waals surface area contributed by atoms with Crippen LogP contribution < -0.4 is 0 Å². The van der Waals surface area contributed by atoms with Gasteiger partial charge >= 0.3 is 0 Å². The average Bonchev–Trinajstić information content (AvgIpc) is 2.53. The summed E-state index contributed by atoms with van der Waals surface area (Å²) in [5, 5.41) is 9.75. The molecule has 4 heteroatoms. The number of aliphatic hydroxyl groups is 1. The van der Waals surface area contributed by atoms with Gasteiger partial charge in [-0.05, 0) is 31.6 Å². The maximum atomic E-state index is 10.9. The summed E-state index contributed by atoms with van der Waals surface area (Å²) in [5.41, 5.74) is 0. The molecule has 1 aliphatic carbocycles. The lowest BCUT2D eigenvalue weighted by Gasteiger charge is -2.16. The fourth-order valence-corrected chi connectivity index (χ4v) is 2.82. The van der Waals surface area contributed by atoms with Gasteiger partial charge in [-0.2, -0.15) is 0 Å². The van der Waals surface area contributed by atoms with Crippen LogP contribution in [0.15, 0.2) is 0 Å². The molecule has 0 spiro atoms. The minimum Gasteiger partial charge on any atom is -0.393 e. The second kappa shape index (κ2) is 5.12. The SMILES string of the molecule is CS(=O)(=O)CCCC(O)C1CCCC1. The summed E-state index contributed by atoms with van der Waals surface area (Å²) < 4.78 is 21.7. The van der Waals surface area contributed by atoms with E-state index in [1.54, 1.807) is 0 Å². The fourth-order valence-electron chi connectivity index (χ4n) is 2.13. The van der Waals surface area contributed by atoms with Crippen molar-refractivity contribution in [3.05, 3.63) is 0 Å². The van der Waals surface area contributed by atoms with Crippen LogP contribution in [0.5, 0.6) is 0 Å². The normalized spacial score (nSPS) is 21.3. The van der Waals surface area contributed by atoms with Crippen LogP contribution in [-0.2, 0) is 9.84 Å². The predicted octanol–water partition coefficient (Wildman–Crippen LogP) is 1.36. The molecule has 3 nitrogen and oxygen atoms in total. The standard InChI is InChI=1S/C10H20O3S/c1-14(12,13)8-4-7-10(11)9-5-2-3-6-9/h9-11H,2-8H2,1H3. The van der Waals surface area contributed by atoms with Crippen molar-refractivity contribution in [3.63, 3.8) is 0 Å². The zero-order valence-corrected chi connectivity index (χ0v) is 9.59. The third-order valence-corrected chi connectivity index (χ3v) is 3.99. The molecule has 1 N–H and O–H groups in total. The van der Waals surface area contributed by atoms with E-state index in [0.29, 0.717) is 18.8 Å². The topological polar surface area (TPSA) is 54.4 Å². The van der Waals surface area contributed by atoms with Crippen molar-refractivity contribution in [2.45, 2.75) is 44.6 Å². The Morgan fingerprint density at radius 2 is 1.93 bits per heavy atom. The van der Waals surface area contributed by atoms with Crippen LogP contribution in [-0.4, -0.2) is 31.6 Å². The molecule has 1 saturated carbocycles. The first-order valence-electron chi connectivity index (χ1n) is 5.35. The molecule has 0 bridgehead atoms. The summed E-state index contributed by atoms with van der Waals surface area (Å²) in [6.45, 7) is 0. The van der Waals surface area contributed by atoms with Crippen molar-refractivity contribution in [1.29, 1.82) is 0 Å². The van der Waals surface area contributed by atoms with Gasteiger partial charge in [-0.25, -0.2) is 8.42 Å². The molecule has 1 atom stereocenters. The number of hydrogen-bond acceptors (Lipinski definition) is 3. The predicted molar refractivity (Wildman–Crippen MR) is 56.9 cm³/mol. The number of rotatable bonds is 5. The molecule has 0 radical (unpaired) electrons. The summed E-state index contributed by atoms with van der Waals surface area (Å²) >= 11 is 0. The fraction of sp³-hybridized carbons (Fsp3) is 1.00. The largest absolute Gasteiger partial charge is 0.393 e. The second-order valence-corrected chi connectivity index (χ2v) is 6.64. The van der Waals surface area contributed by atoms with Crippen molar-refractivity contribution in [3.8, 4) is 0 Å². The lowest BCUT2D eigenvalue weighted by molar-refractivity contribution is 0.101. The van der Waals surface area contributed by atoms with Gasteiger partial charge in [0.25, 0.3) is 0 Å². The van der Waals surface area contributed by atoms with Gasteiger partial charge in [0.1, 0.15) is 9.84 Å². The summed E-state index contributed by atoms with van der Waals surface area (Å²) in [7, 11) is -2.85. The van der Waals surface area contributed by atoms with E-state index in [1.165, 1.54) is 19.1 Å². The van der Waals surface area contributed by atoms with Gasteiger partial charge in [0.15, 0.2) is 0 Å². The van der Waals surface area contributed by atoms with Gasteiger partial charge in [0, 0.05) is 12.0 Å². The van der Waals surface area contributed by atoms with Crippen LogP contribution in [0.25, 0.3) is 0 Å². The highest BCUT2D eigenvalue weighted by atomic mass is 32.2. The molecule has 84 valence electrons. The first-order valence-corrected chi connectivity index (χ1v) is 7.41. The maximum Gasteiger partial charge on any atom is 0.147 e. The van der Waals surface area contributed by atoms with Gasteiger partial charge in [0.05, 0.1) is 6.10 Å². The van der Waals surface area contributed by atoms with E-state index in [4.69, 9.17) is 0 Å². The van der Waals surface area contributed by atoms with Crippen molar-refractivity contribution >= 4 is 9.84 Å². The van der Waals surface area contributed by atoms with Crippen LogP contribution in [0.3, 0.4) is 0 Å². The van der Waals surface area contributed by atoms with Crippen molar-refractivity contribution < 1.29 is 13.5 Å². The van der Waals surface area contributed by atoms with Crippen LogP contribution in [0.2, 0.25) is 0 Å². The van der Waals surface area contributed by atoms with Gasteiger partial charge in [-0.3, -0.25) is 0 Å². The van der Waals surface area contributed by atoms with E-state index in [1.807, 2.05) is 0 Å². The molecule has 0 aromatic carbocycles. The average molecular weight is 220 g/mol. The third kappa shape index (κ3) is 4.42. The van der Waals surface area contributed by atoms with Crippen LogP contribution in [0.4, 0.5) is 0 Å². The highest BCUT2D eigenvalue weighted by Crippen LogP contribution is 2.29. The zero-order chi connectivity index (χ0) is 10.6.